The highest BCUT2D eigenvalue weighted by Gasteiger charge is 2.14. The Kier molecular flexibility index (Phi) is 8.58. The molecule has 1 rings (SSSR count). The van der Waals surface area contributed by atoms with Crippen molar-refractivity contribution in [1.82, 2.24) is 20.0 Å². The van der Waals surface area contributed by atoms with Gasteiger partial charge in [0.1, 0.15) is 13.1 Å². The van der Waals surface area contributed by atoms with E-state index in [4.69, 9.17) is 15.3 Å². The summed E-state index contributed by atoms with van der Waals surface area (Å²) in [6.45, 7) is 2.26. The molecule has 10 nitrogen and oxygen atoms in total. The molecule has 0 radical (unpaired) electrons. The van der Waals surface area contributed by atoms with E-state index in [1.165, 1.54) is 11.1 Å². The highest BCUT2D eigenvalue weighted by molar-refractivity contribution is 5.70. The summed E-state index contributed by atoms with van der Waals surface area (Å²) in [5.41, 5.74) is 0. The molecule has 1 aliphatic heterocycles. The fraction of sp³-hybridized carbons (Fsp3) is 0.643. The van der Waals surface area contributed by atoms with Crippen molar-refractivity contribution in [3.05, 3.63) is 12.4 Å². The van der Waals surface area contributed by atoms with Crippen LogP contribution in [0.2, 0.25) is 0 Å². The summed E-state index contributed by atoms with van der Waals surface area (Å²) in [4.78, 5) is 37.6. The molecule has 1 aliphatic rings. The SMILES string of the molecule is O=C(O)CN1C=CN(CC(=O)O)CCN(CC(=O)O)CCNCC1. The van der Waals surface area contributed by atoms with E-state index in [1.54, 1.807) is 16.0 Å². The second-order valence-electron chi connectivity index (χ2n) is 5.45. The maximum Gasteiger partial charge on any atom is 0.323 e. The fourth-order valence-corrected chi connectivity index (χ4v) is 2.26. The lowest BCUT2D eigenvalue weighted by molar-refractivity contribution is -0.139. The lowest BCUT2D eigenvalue weighted by Gasteiger charge is -2.27. The first kappa shape index (κ1) is 19.7. The van der Waals surface area contributed by atoms with E-state index in [0.717, 1.165) is 0 Å². The average molecular weight is 344 g/mol. The maximum atomic E-state index is 11.0. The first-order chi connectivity index (χ1) is 11.4. The molecule has 0 fully saturated rings. The van der Waals surface area contributed by atoms with Gasteiger partial charge in [-0.15, -0.1) is 0 Å². The van der Waals surface area contributed by atoms with Gasteiger partial charge in [0, 0.05) is 51.7 Å². The average Bonchev–Trinajstić information content (AvgIpc) is 2.45. The third kappa shape index (κ3) is 8.96. The van der Waals surface area contributed by atoms with Crippen molar-refractivity contribution >= 4 is 17.9 Å². The van der Waals surface area contributed by atoms with Crippen molar-refractivity contribution in [1.29, 1.82) is 0 Å². The van der Waals surface area contributed by atoms with Crippen LogP contribution in [0, 0.1) is 0 Å². The number of hydrogen-bond donors (Lipinski definition) is 4. The van der Waals surface area contributed by atoms with Gasteiger partial charge in [0.2, 0.25) is 0 Å². The van der Waals surface area contributed by atoms with E-state index in [2.05, 4.69) is 5.32 Å². The van der Waals surface area contributed by atoms with Crippen molar-refractivity contribution in [3.63, 3.8) is 0 Å². The standard InChI is InChI=1S/C14H24N4O6/c19-12(20)9-16-3-1-15-2-4-17(10-13(21)22)6-8-18(7-5-16)11-14(23)24/h5,7,15H,1-4,6,8-11H2,(H,19,20)(H,21,22)(H,23,24). The Morgan fingerprint density at radius 3 is 1.79 bits per heavy atom. The van der Waals surface area contributed by atoms with E-state index in [9.17, 15) is 14.4 Å². The summed E-state index contributed by atoms with van der Waals surface area (Å²) in [5.74, 6) is -2.91. The third-order valence-corrected chi connectivity index (χ3v) is 3.41. The minimum atomic E-state index is -1.01. The summed E-state index contributed by atoms with van der Waals surface area (Å²) >= 11 is 0. The minimum Gasteiger partial charge on any atom is -0.480 e. The Morgan fingerprint density at radius 2 is 1.25 bits per heavy atom. The first-order valence-corrected chi connectivity index (χ1v) is 7.61. The molecule has 0 saturated heterocycles. The Balaban J connectivity index is 2.79. The van der Waals surface area contributed by atoms with E-state index in [-0.39, 0.29) is 19.6 Å². The van der Waals surface area contributed by atoms with Crippen molar-refractivity contribution < 1.29 is 29.7 Å². The molecule has 0 saturated carbocycles. The lowest BCUT2D eigenvalue weighted by atomic mass is 10.3. The zero-order valence-corrected chi connectivity index (χ0v) is 13.4. The van der Waals surface area contributed by atoms with Crippen LogP contribution in [-0.2, 0) is 14.4 Å². The van der Waals surface area contributed by atoms with Crippen molar-refractivity contribution in [2.45, 2.75) is 0 Å². The second kappa shape index (κ2) is 10.4. The van der Waals surface area contributed by atoms with E-state index in [0.29, 0.717) is 39.3 Å². The van der Waals surface area contributed by atoms with E-state index in [1.807, 2.05) is 0 Å². The minimum absolute atomic E-state index is 0.114. The molecule has 24 heavy (non-hydrogen) atoms. The molecule has 136 valence electrons. The number of carboxylic acid groups (broad SMARTS) is 3. The molecular weight excluding hydrogens is 320 g/mol. The number of nitrogens with zero attached hydrogens (tertiary/aromatic N) is 3. The second-order valence-corrected chi connectivity index (χ2v) is 5.45. The molecule has 0 unspecified atom stereocenters. The molecule has 0 aromatic rings. The van der Waals surface area contributed by atoms with Gasteiger partial charge in [0.15, 0.2) is 0 Å². The van der Waals surface area contributed by atoms with Crippen molar-refractivity contribution in [2.75, 3.05) is 58.9 Å². The van der Waals surface area contributed by atoms with Crippen molar-refractivity contribution in [2.24, 2.45) is 0 Å². The summed E-state index contributed by atoms with van der Waals surface area (Å²) < 4.78 is 0. The molecule has 0 aromatic heterocycles. The predicted octanol–water partition coefficient (Wildman–Crippen LogP) is -1.78. The normalized spacial score (nSPS) is 17.8. The summed E-state index contributed by atoms with van der Waals surface area (Å²) in [6.07, 6.45) is 3.10. The highest BCUT2D eigenvalue weighted by atomic mass is 16.4. The molecule has 1 heterocycles. The van der Waals surface area contributed by atoms with Crippen LogP contribution in [0.1, 0.15) is 0 Å². The van der Waals surface area contributed by atoms with Crippen LogP contribution in [0.15, 0.2) is 12.4 Å². The largest absolute Gasteiger partial charge is 0.480 e. The Hall–Kier alpha value is -2.33. The summed E-state index contributed by atoms with van der Waals surface area (Å²) in [6, 6.07) is 0. The van der Waals surface area contributed by atoms with Crippen LogP contribution < -0.4 is 5.32 Å². The number of rotatable bonds is 6. The molecule has 0 spiro atoms. The Morgan fingerprint density at radius 1 is 0.750 bits per heavy atom. The van der Waals surface area contributed by atoms with Crippen LogP contribution in [0.5, 0.6) is 0 Å². The van der Waals surface area contributed by atoms with E-state index < -0.39 is 17.9 Å². The monoisotopic (exact) mass is 344 g/mol. The fourth-order valence-electron chi connectivity index (χ4n) is 2.26. The van der Waals surface area contributed by atoms with E-state index >= 15 is 0 Å². The van der Waals surface area contributed by atoms with Crippen LogP contribution >= 0.6 is 0 Å². The number of nitrogens with one attached hydrogen (secondary N) is 1. The van der Waals surface area contributed by atoms with Gasteiger partial charge in [0.05, 0.1) is 6.54 Å². The third-order valence-electron chi connectivity index (χ3n) is 3.41. The maximum absolute atomic E-state index is 11.0. The number of hydrogen-bond acceptors (Lipinski definition) is 7. The molecule has 0 aliphatic carbocycles. The smallest absolute Gasteiger partial charge is 0.323 e. The van der Waals surface area contributed by atoms with Crippen LogP contribution in [0.4, 0.5) is 0 Å². The molecule has 0 amide bonds. The molecule has 4 N–H and O–H groups in total. The molecular formula is C14H24N4O6. The predicted molar refractivity (Wildman–Crippen MR) is 84.5 cm³/mol. The van der Waals surface area contributed by atoms with Crippen LogP contribution in [-0.4, -0.2) is 107 Å². The Labute approximate surface area is 139 Å². The topological polar surface area (TPSA) is 134 Å². The number of carbonyl (C=O) groups is 3. The van der Waals surface area contributed by atoms with Gasteiger partial charge >= 0.3 is 17.9 Å². The van der Waals surface area contributed by atoms with Gasteiger partial charge < -0.3 is 30.4 Å². The first-order valence-electron chi connectivity index (χ1n) is 7.61. The van der Waals surface area contributed by atoms with Gasteiger partial charge in [-0.1, -0.05) is 0 Å². The summed E-state index contributed by atoms with van der Waals surface area (Å²) in [5, 5.41) is 30.0. The van der Waals surface area contributed by atoms with Crippen molar-refractivity contribution in [3.8, 4) is 0 Å². The van der Waals surface area contributed by atoms with Gasteiger partial charge in [-0.05, 0) is 0 Å². The highest BCUT2D eigenvalue weighted by Crippen LogP contribution is 1.98. The van der Waals surface area contributed by atoms with Gasteiger partial charge in [-0.3, -0.25) is 19.3 Å². The summed E-state index contributed by atoms with van der Waals surface area (Å²) in [7, 11) is 0. The molecule has 0 atom stereocenters. The van der Waals surface area contributed by atoms with Gasteiger partial charge in [0.25, 0.3) is 0 Å². The molecule has 0 bridgehead atoms. The van der Waals surface area contributed by atoms with Gasteiger partial charge in [-0.25, -0.2) is 0 Å². The molecule has 0 aromatic carbocycles. The van der Waals surface area contributed by atoms with Crippen LogP contribution in [0.25, 0.3) is 0 Å². The lowest BCUT2D eigenvalue weighted by Crippen LogP contribution is -2.43. The zero-order valence-electron chi connectivity index (χ0n) is 13.4. The Bertz CT molecular complexity index is 470. The number of aliphatic carboxylic acids is 3. The quantitative estimate of drug-likeness (QED) is 0.438. The van der Waals surface area contributed by atoms with Crippen LogP contribution in [0.3, 0.4) is 0 Å². The van der Waals surface area contributed by atoms with Gasteiger partial charge in [-0.2, -0.15) is 0 Å². The number of carboxylic acids is 3. The zero-order chi connectivity index (χ0) is 17.9. The molecule has 10 heteroatoms.